The van der Waals surface area contributed by atoms with Crippen molar-refractivity contribution in [3.8, 4) is 0 Å². The number of nitro groups is 2. The number of unbranched alkanes of at least 4 members (excludes halogenated alkanes) is 8. The molecule has 0 saturated carbocycles. The van der Waals surface area contributed by atoms with Crippen molar-refractivity contribution in [2.45, 2.75) is 77.7 Å². The van der Waals surface area contributed by atoms with Crippen LogP contribution in [0.15, 0.2) is 54.6 Å². The Hall–Kier alpha value is -3.29. The van der Waals surface area contributed by atoms with E-state index in [1.54, 1.807) is 0 Å². The molecule has 33 heavy (non-hydrogen) atoms. The topological polar surface area (TPSA) is 113 Å². The van der Waals surface area contributed by atoms with Gasteiger partial charge in [-0.1, -0.05) is 88.6 Å². The number of hydrogen-bond acceptors (Lipinski definition) is 6. The fourth-order valence-corrected chi connectivity index (χ4v) is 3.11. The Morgan fingerprint density at radius 3 is 1.79 bits per heavy atom. The highest BCUT2D eigenvalue weighted by molar-refractivity contribution is 5.69. The lowest BCUT2D eigenvalue weighted by molar-refractivity contribution is -0.394. The largest absolute Gasteiger partial charge is 0.461 e. The lowest BCUT2D eigenvalue weighted by Crippen LogP contribution is -2.04. The number of rotatable bonds is 14. The Kier molecular flexibility index (Phi) is 14.5. The molecule has 8 heteroatoms. The number of benzene rings is 2. The first-order valence-electron chi connectivity index (χ1n) is 11.5. The van der Waals surface area contributed by atoms with E-state index in [1.807, 2.05) is 30.3 Å². The molecule has 0 bridgehead atoms. The molecular weight excluding hydrogens is 424 g/mol. The lowest BCUT2D eigenvalue weighted by Gasteiger charge is -2.05. The SMILES string of the molecule is CCCCCCCCCCCC(=O)OCc1ccccc1.O=[N+]([O-])c1cccc([N+](=O)[O-])c1. The average Bonchev–Trinajstić information content (AvgIpc) is 2.83. The first-order chi connectivity index (χ1) is 15.9. The van der Waals surface area contributed by atoms with Gasteiger partial charge < -0.3 is 4.74 Å². The van der Waals surface area contributed by atoms with Gasteiger partial charge in [0.25, 0.3) is 11.4 Å². The molecule has 0 aliphatic rings. The van der Waals surface area contributed by atoms with Crippen molar-refractivity contribution in [2.75, 3.05) is 0 Å². The summed E-state index contributed by atoms with van der Waals surface area (Å²) in [7, 11) is 0. The van der Waals surface area contributed by atoms with Crippen LogP contribution < -0.4 is 0 Å². The molecule has 2 aromatic carbocycles. The second kappa shape index (κ2) is 17.3. The predicted molar refractivity (Wildman–Crippen MR) is 128 cm³/mol. The normalized spacial score (nSPS) is 10.1. The number of non-ortho nitro benzene ring substituents is 2. The minimum atomic E-state index is -0.674. The van der Waals surface area contributed by atoms with Crippen LogP contribution in [0.25, 0.3) is 0 Å². The quantitative estimate of drug-likeness (QED) is 0.128. The molecule has 0 saturated heterocycles. The molecule has 0 fully saturated rings. The van der Waals surface area contributed by atoms with E-state index in [-0.39, 0.29) is 17.3 Å². The van der Waals surface area contributed by atoms with Crippen LogP contribution in [0.5, 0.6) is 0 Å². The zero-order chi connectivity index (χ0) is 24.3. The van der Waals surface area contributed by atoms with Gasteiger partial charge in [-0.3, -0.25) is 25.0 Å². The molecule has 0 heterocycles. The van der Waals surface area contributed by atoms with Crippen LogP contribution in [0.1, 0.15) is 76.7 Å². The first-order valence-corrected chi connectivity index (χ1v) is 11.5. The number of nitrogens with zero attached hydrogens (tertiary/aromatic N) is 2. The van der Waals surface area contributed by atoms with Gasteiger partial charge in [-0.15, -0.1) is 0 Å². The fraction of sp³-hybridized carbons (Fsp3) is 0.480. The summed E-state index contributed by atoms with van der Waals surface area (Å²) in [6, 6.07) is 14.4. The molecule has 0 aliphatic carbocycles. The monoisotopic (exact) mass is 458 g/mol. The van der Waals surface area contributed by atoms with Crippen LogP contribution in [-0.4, -0.2) is 15.8 Å². The van der Waals surface area contributed by atoms with E-state index in [9.17, 15) is 25.0 Å². The molecule has 0 unspecified atom stereocenters. The molecular formula is C25H34N2O6. The summed E-state index contributed by atoms with van der Waals surface area (Å²) in [6.07, 6.45) is 12.0. The standard InChI is InChI=1S/C19H30O2.C6H4N2O4/c1-2-3-4-5-6-7-8-9-13-16-19(20)21-17-18-14-11-10-12-15-18;9-7(10)5-2-1-3-6(4-5)8(11)12/h10-12,14-15H,2-9,13,16-17H2,1H3;1-4H. The highest BCUT2D eigenvalue weighted by Gasteiger charge is 2.11. The smallest absolute Gasteiger partial charge is 0.306 e. The third-order valence-electron chi connectivity index (χ3n) is 4.98. The summed E-state index contributed by atoms with van der Waals surface area (Å²) in [6.45, 7) is 2.65. The second-order valence-electron chi connectivity index (χ2n) is 7.76. The van der Waals surface area contributed by atoms with Crippen LogP contribution in [0.4, 0.5) is 11.4 Å². The Morgan fingerprint density at radius 1 is 0.758 bits per heavy atom. The molecule has 0 radical (unpaired) electrons. The Morgan fingerprint density at radius 2 is 1.27 bits per heavy atom. The molecule has 180 valence electrons. The average molecular weight is 459 g/mol. The summed E-state index contributed by atoms with van der Waals surface area (Å²) in [5.41, 5.74) is 0.506. The molecule has 0 aliphatic heterocycles. The van der Waals surface area contributed by atoms with Gasteiger partial charge in [-0.25, -0.2) is 0 Å². The van der Waals surface area contributed by atoms with E-state index >= 15 is 0 Å². The third kappa shape index (κ3) is 13.7. The van der Waals surface area contributed by atoms with Gasteiger partial charge in [0.1, 0.15) is 6.61 Å². The van der Waals surface area contributed by atoms with Crippen molar-refractivity contribution in [1.29, 1.82) is 0 Å². The molecule has 0 spiro atoms. The van der Waals surface area contributed by atoms with Gasteiger partial charge >= 0.3 is 5.97 Å². The van der Waals surface area contributed by atoms with Crippen molar-refractivity contribution < 1.29 is 19.4 Å². The Labute approximate surface area is 195 Å². The molecule has 0 atom stereocenters. The zero-order valence-corrected chi connectivity index (χ0v) is 19.3. The van der Waals surface area contributed by atoms with Gasteiger partial charge in [-0.2, -0.15) is 0 Å². The van der Waals surface area contributed by atoms with Gasteiger partial charge in [0.2, 0.25) is 0 Å². The van der Waals surface area contributed by atoms with Crippen LogP contribution >= 0.6 is 0 Å². The van der Waals surface area contributed by atoms with E-state index < -0.39 is 9.85 Å². The third-order valence-corrected chi connectivity index (χ3v) is 4.98. The lowest BCUT2D eigenvalue weighted by atomic mass is 10.1. The number of esters is 1. The van der Waals surface area contributed by atoms with Crippen molar-refractivity contribution >= 4 is 17.3 Å². The Bertz CT molecular complexity index is 813. The maximum Gasteiger partial charge on any atom is 0.306 e. The summed E-state index contributed by atoms with van der Waals surface area (Å²) in [5.74, 6) is -0.0678. The van der Waals surface area contributed by atoms with Crippen LogP contribution in [0, 0.1) is 20.2 Å². The minimum absolute atomic E-state index is 0.0678. The van der Waals surface area contributed by atoms with E-state index in [2.05, 4.69) is 6.92 Å². The van der Waals surface area contributed by atoms with E-state index in [1.165, 1.54) is 63.1 Å². The molecule has 8 nitrogen and oxygen atoms in total. The molecule has 2 rings (SSSR count). The van der Waals surface area contributed by atoms with Crippen molar-refractivity contribution in [3.63, 3.8) is 0 Å². The molecule has 0 N–H and O–H groups in total. The Balaban J connectivity index is 0.000000383. The van der Waals surface area contributed by atoms with Gasteiger partial charge in [0.15, 0.2) is 0 Å². The molecule has 0 aromatic heterocycles. The number of ether oxygens (including phenoxy) is 1. The van der Waals surface area contributed by atoms with E-state index in [4.69, 9.17) is 4.74 Å². The first kappa shape index (κ1) is 27.7. The van der Waals surface area contributed by atoms with Crippen LogP contribution in [0.3, 0.4) is 0 Å². The summed E-state index contributed by atoms with van der Waals surface area (Å²) in [4.78, 5) is 30.6. The van der Waals surface area contributed by atoms with Crippen molar-refractivity contribution in [2.24, 2.45) is 0 Å². The summed E-state index contributed by atoms with van der Waals surface area (Å²) in [5, 5.41) is 20.3. The number of nitro benzene ring substituents is 2. The maximum absolute atomic E-state index is 11.6. The fourth-order valence-electron chi connectivity index (χ4n) is 3.11. The molecule has 2 aromatic rings. The van der Waals surface area contributed by atoms with Gasteiger partial charge in [0.05, 0.1) is 15.9 Å². The van der Waals surface area contributed by atoms with E-state index in [0.29, 0.717) is 13.0 Å². The number of carbonyl (C=O) groups is 1. The highest BCUT2D eigenvalue weighted by Crippen LogP contribution is 2.18. The van der Waals surface area contributed by atoms with E-state index in [0.717, 1.165) is 24.5 Å². The van der Waals surface area contributed by atoms with Crippen molar-refractivity contribution in [1.82, 2.24) is 0 Å². The van der Waals surface area contributed by atoms with Gasteiger partial charge in [0, 0.05) is 18.6 Å². The molecule has 0 amide bonds. The van der Waals surface area contributed by atoms with Crippen LogP contribution in [-0.2, 0) is 16.1 Å². The highest BCUT2D eigenvalue weighted by atomic mass is 16.6. The minimum Gasteiger partial charge on any atom is -0.461 e. The van der Waals surface area contributed by atoms with Gasteiger partial charge in [-0.05, 0) is 18.1 Å². The zero-order valence-electron chi connectivity index (χ0n) is 19.3. The van der Waals surface area contributed by atoms with Crippen molar-refractivity contribution in [3.05, 3.63) is 80.4 Å². The second-order valence-corrected chi connectivity index (χ2v) is 7.76. The van der Waals surface area contributed by atoms with Crippen LogP contribution in [0.2, 0.25) is 0 Å². The summed E-state index contributed by atoms with van der Waals surface area (Å²) < 4.78 is 5.26. The number of hydrogen-bond donors (Lipinski definition) is 0. The predicted octanol–water partition coefficient (Wildman–Crippen LogP) is 7.15. The summed E-state index contributed by atoms with van der Waals surface area (Å²) >= 11 is 0. The number of carbonyl (C=O) groups excluding carboxylic acids is 1. The maximum atomic E-state index is 11.6.